The highest BCUT2D eigenvalue weighted by atomic mass is 35.5. The van der Waals surface area contributed by atoms with E-state index >= 15 is 0 Å². The van der Waals surface area contributed by atoms with Crippen LogP contribution in [0.4, 0.5) is 0 Å². The lowest BCUT2D eigenvalue weighted by Crippen LogP contribution is -1.94. The second-order valence-electron chi connectivity index (χ2n) is 5.12. The fourth-order valence-corrected chi connectivity index (χ4v) is 4.09. The number of thiazole rings is 1. The number of aryl methyl sites for hydroxylation is 1. The second-order valence-corrected chi connectivity index (χ2v) is 7.67. The van der Waals surface area contributed by atoms with E-state index in [0.29, 0.717) is 21.3 Å². The Morgan fingerprint density at radius 3 is 2.60 bits per heavy atom. The molecular weight excluding hydrogens is 376 g/mol. The third-order valence-corrected chi connectivity index (χ3v) is 5.91. The number of halogens is 1. The molecule has 3 rings (SSSR count). The molecule has 0 saturated carbocycles. The van der Waals surface area contributed by atoms with Crippen molar-refractivity contribution in [1.82, 2.24) is 4.98 Å². The first kappa shape index (κ1) is 17.5. The molecule has 0 fully saturated rings. The summed E-state index contributed by atoms with van der Waals surface area (Å²) in [6.07, 6.45) is 0. The number of nitriles is 1. The van der Waals surface area contributed by atoms with Gasteiger partial charge < -0.3 is 5.11 Å². The molecule has 0 bridgehead atoms. The van der Waals surface area contributed by atoms with Crippen LogP contribution < -0.4 is 0 Å². The molecule has 3 aromatic rings. The van der Waals surface area contributed by atoms with Gasteiger partial charge in [0.1, 0.15) is 16.0 Å². The van der Waals surface area contributed by atoms with Gasteiger partial charge in [-0.1, -0.05) is 29.4 Å². The minimum absolute atomic E-state index is 0.216. The number of carbonyl (C=O) groups is 1. The summed E-state index contributed by atoms with van der Waals surface area (Å²) in [6, 6.07) is 15.0. The molecule has 0 radical (unpaired) electrons. The summed E-state index contributed by atoms with van der Waals surface area (Å²) >= 11 is 8.47. The van der Waals surface area contributed by atoms with Gasteiger partial charge in [-0.15, -0.1) is 11.3 Å². The summed E-state index contributed by atoms with van der Waals surface area (Å²) in [7, 11) is 0. The van der Waals surface area contributed by atoms with Gasteiger partial charge >= 0.3 is 5.97 Å². The Morgan fingerprint density at radius 1 is 1.28 bits per heavy atom. The number of benzene rings is 2. The van der Waals surface area contributed by atoms with Crippen molar-refractivity contribution in [2.45, 2.75) is 16.7 Å². The van der Waals surface area contributed by atoms with E-state index in [0.717, 1.165) is 26.7 Å². The zero-order valence-corrected chi connectivity index (χ0v) is 15.4. The smallest absolute Gasteiger partial charge is 0.347 e. The number of aromatic nitrogens is 1. The van der Waals surface area contributed by atoms with Crippen molar-refractivity contribution in [2.24, 2.45) is 0 Å². The van der Waals surface area contributed by atoms with E-state index in [4.69, 9.17) is 16.7 Å². The molecule has 4 nitrogen and oxygen atoms in total. The van der Waals surface area contributed by atoms with E-state index in [1.54, 1.807) is 25.1 Å². The van der Waals surface area contributed by atoms with Crippen LogP contribution in [-0.4, -0.2) is 16.1 Å². The van der Waals surface area contributed by atoms with Gasteiger partial charge in [0.2, 0.25) is 0 Å². The molecule has 2 aromatic carbocycles. The molecule has 0 aliphatic rings. The van der Waals surface area contributed by atoms with Gasteiger partial charge in [-0.05, 0) is 43.3 Å². The van der Waals surface area contributed by atoms with Gasteiger partial charge in [0.25, 0.3) is 0 Å². The molecule has 1 N–H and O–H groups in total. The lowest BCUT2D eigenvalue weighted by molar-refractivity contribution is 0.0701. The molecule has 0 unspecified atom stereocenters. The van der Waals surface area contributed by atoms with Crippen LogP contribution in [0.25, 0.3) is 10.6 Å². The first-order valence-corrected chi connectivity index (χ1v) is 9.17. The molecule has 0 spiro atoms. The van der Waals surface area contributed by atoms with Crippen molar-refractivity contribution in [1.29, 1.82) is 5.26 Å². The Bertz CT molecular complexity index is 991. The van der Waals surface area contributed by atoms with Crippen LogP contribution in [0, 0.1) is 18.3 Å². The maximum Gasteiger partial charge on any atom is 0.347 e. The number of carboxylic acid groups (broad SMARTS) is 1. The average Bonchev–Trinajstić information content (AvgIpc) is 2.99. The van der Waals surface area contributed by atoms with Crippen LogP contribution in [0.3, 0.4) is 0 Å². The molecule has 0 aliphatic heterocycles. The van der Waals surface area contributed by atoms with Gasteiger partial charge in [-0.3, -0.25) is 0 Å². The van der Waals surface area contributed by atoms with Gasteiger partial charge in [0.15, 0.2) is 0 Å². The summed E-state index contributed by atoms with van der Waals surface area (Å²) < 4.78 is 0. The minimum atomic E-state index is -0.989. The molecule has 124 valence electrons. The van der Waals surface area contributed by atoms with E-state index in [1.165, 1.54) is 11.8 Å². The van der Waals surface area contributed by atoms with E-state index in [1.807, 2.05) is 24.3 Å². The minimum Gasteiger partial charge on any atom is -0.477 e. The van der Waals surface area contributed by atoms with Crippen LogP contribution in [0.15, 0.2) is 52.3 Å². The van der Waals surface area contributed by atoms with E-state index in [9.17, 15) is 10.1 Å². The summed E-state index contributed by atoms with van der Waals surface area (Å²) in [5.74, 6) is -0.989. The fraction of sp³-hybridized carbons (Fsp3) is 0.0556. The van der Waals surface area contributed by atoms with Crippen molar-refractivity contribution in [3.05, 3.63) is 63.6 Å². The molecular formula is C18H11ClN2O2S2. The van der Waals surface area contributed by atoms with Gasteiger partial charge in [-0.25, -0.2) is 9.78 Å². The Hall–Kier alpha value is -2.33. The summed E-state index contributed by atoms with van der Waals surface area (Å²) in [4.78, 5) is 17.5. The highest BCUT2D eigenvalue weighted by molar-refractivity contribution is 7.99. The largest absolute Gasteiger partial charge is 0.477 e. The molecule has 7 heteroatoms. The van der Waals surface area contributed by atoms with E-state index in [-0.39, 0.29) is 4.88 Å². The molecule has 0 atom stereocenters. The number of aromatic carboxylic acids is 1. The quantitative estimate of drug-likeness (QED) is 0.641. The second kappa shape index (κ2) is 7.28. The van der Waals surface area contributed by atoms with Crippen LogP contribution in [-0.2, 0) is 0 Å². The van der Waals surface area contributed by atoms with Gasteiger partial charge in [0, 0.05) is 20.4 Å². The SMILES string of the molecule is Cc1nc(-c2ccc(Sc3ccc(Cl)cc3)c(C#N)c2)sc1C(=O)O. The summed E-state index contributed by atoms with van der Waals surface area (Å²) in [6.45, 7) is 1.67. The van der Waals surface area contributed by atoms with Gasteiger partial charge in [-0.2, -0.15) is 5.26 Å². The predicted molar refractivity (Wildman–Crippen MR) is 99.5 cm³/mol. The highest BCUT2D eigenvalue weighted by Crippen LogP contribution is 2.35. The van der Waals surface area contributed by atoms with Gasteiger partial charge in [0.05, 0.1) is 11.3 Å². The van der Waals surface area contributed by atoms with Crippen molar-refractivity contribution in [3.63, 3.8) is 0 Å². The molecule has 0 saturated heterocycles. The molecule has 0 amide bonds. The first-order chi connectivity index (χ1) is 12.0. The predicted octanol–water partition coefficient (Wildman–Crippen LogP) is 5.49. The maximum absolute atomic E-state index is 11.2. The average molecular weight is 387 g/mol. The third kappa shape index (κ3) is 3.85. The molecule has 1 aromatic heterocycles. The number of hydrogen-bond donors (Lipinski definition) is 1. The zero-order chi connectivity index (χ0) is 18.0. The molecule has 1 heterocycles. The molecule has 25 heavy (non-hydrogen) atoms. The van der Waals surface area contributed by atoms with Crippen LogP contribution in [0.1, 0.15) is 20.9 Å². The monoisotopic (exact) mass is 386 g/mol. The number of carboxylic acids is 1. The van der Waals surface area contributed by atoms with E-state index in [2.05, 4.69) is 11.1 Å². The zero-order valence-electron chi connectivity index (χ0n) is 13.0. The van der Waals surface area contributed by atoms with Crippen LogP contribution in [0.5, 0.6) is 0 Å². The van der Waals surface area contributed by atoms with Crippen molar-refractivity contribution >= 4 is 40.7 Å². The number of rotatable bonds is 4. The Morgan fingerprint density at radius 2 is 2.00 bits per heavy atom. The Labute approximate surface area is 157 Å². The number of nitrogens with zero attached hydrogens (tertiary/aromatic N) is 2. The lowest BCUT2D eigenvalue weighted by atomic mass is 10.1. The van der Waals surface area contributed by atoms with Crippen molar-refractivity contribution in [2.75, 3.05) is 0 Å². The Kier molecular flexibility index (Phi) is 5.09. The van der Waals surface area contributed by atoms with Crippen LogP contribution >= 0.6 is 34.7 Å². The first-order valence-electron chi connectivity index (χ1n) is 7.16. The summed E-state index contributed by atoms with van der Waals surface area (Å²) in [5, 5.41) is 19.9. The Balaban J connectivity index is 1.94. The lowest BCUT2D eigenvalue weighted by Gasteiger charge is -2.06. The fourth-order valence-electron chi connectivity index (χ4n) is 2.19. The van der Waals surface area contributed by atoms with Crippen LogP contribution in [0.2, 0.25) is 5.02 Å². The normalized spacial score (nSPS) is 10.4. The third-order valence-electron chi connectivity index (χ3n) is 3.38. The number of hydrogen-bond acceptors (Lipinski definition) is 5. The topological polar surface area (TPSA) is 74.0 Å². The van der Waals surface area contributed by atoms with Crippen molar-refractivity contribution < 1.29 is 9.90 Å². The highest BCUT2D eigenvalue weighted by Gasteiger charge is 2.16. The summed E-state index contributed by atoms with van der Waals surface area (Å²) in [5.41, 5.74) is 1.73. The van der Waals surface area contributed by atoms with Crippen molar-refractivity contribution in [3.8, 4) is 16.6 Å². The maximum atomic E-state index is 11.2. The molecule has 0 aliphatic carbocycles. The standard InChI is InChI=1S/C18H11ClN2O2S2/c1-10-16(18(22)23)25-17(21-10)11-2-7-15(12(8-11)9-20)24-14-5-3-13(19)4-6-14/h2-8H,1H3,(H,22,23). The van der Waals surface area contributed by atoms with E-state index < -0.39 is 5.97 Å².